The standard InChI is InChI=1S/C24H25NO4/c1-14-10-15(2)22(16(3)11-14)18-8-7-9-19(25-18)23(26)17-12-20(27-4)24(29-6)21(13-17)28-5/h7-13H,1-6H3. The van der Waals surface area contributed by atoms with Gasteiger partial charge in [0.25, 0.3) is 0 Å². The summed E-state index contributed by atoms with van der Waals surface area (Å²) in [6.45, 7) is 6.19. The second-order valence-electron chi connectivity index (χ2n) is 6.92. The zero-order valence-corrected chi connectivity index (χ0v) is 17.6. The molecule has 5 heteroatoms. The van der Waals surface area contributed by atoms with Crippen molar-refractivity contribution in [1.29, 1.82) is 0 Å². The Balaban J connectivity index is 2.07. The van der Waals surface area contributed by atoms with Crippen LogP contribution in [0, 0.1) is 20.8 Å². The van der Waals surface area contributed by atoms with Crippen LogP contribution in [0.4, 0.5) is 0 Å². The van der Waals surface area contributed by atoms with E-state index < -0.39 is 0 Å². The maximum Gasteiger partial charge on any atom is 0.211 e. The van der Waals surface area contributed by atoms with Gasteiger partial charge in [-0.1, -0.05) is 23.8 Å². The average molecular weight is 391 g/mol. The molecule has 150 valence electrons. The zero-order chi connectivity index (χ0) is 21.1. The van der Waals surface area contributed by atoms with E-state index in [1.54, 1.807) is 18.2 Å². The minimum absolute atomic E-state index is 0.214. The van der Waals surface area contributed by atoms with E-state index in [-0.39, 0.29) is 5.78 Å². The highest BCUT2D eigenvalue weighted by Gasteiger charge is 2.19. The summed E-state index contributed by atoms with van der Waals surface area (Å²) in [4.78, 5) is 17.8. The molecule has 29 heavy (non-hydrogen) atoms. The van der Waals surface area contributed by atoms with E-state index >= 15 is 0 Å². The fourth-order valence-corrected chi connectivity index (χ4v) is 3.64. The molecular weight excluding hydrogens is 366 g/mol. The number of rotatable bonds is 6. The largest absolute Gasteiger partial charge is 0.493 e. The van der Waals surface area contributed by atoms with Gasteiger partial charge in [0.1, 0.15) is 5.69 Å². The number of nitrogens with zero attached hydrogens (tertiary/aromatic N) is 1. The van der Waals surface area contributed by atoms with Gasteiger partial charge >= 0.3 is 0 Å². The molecule has 0 N–H and O–H groups in total. The molecule has 0 radical (unpaired) electrons. The molecule has 3 aromatic rings. The van der Waals surface area contributed by atoms with Gasteiger partial charge in [-0.3, -0.25) is 4.79 Å². The summed E-state index contributed by atoms with van der Waals surface area (Å²) in [5, 5.41) is 0. The number of carbonyl (C=O) groups is 1. The number of aromatic nitrogens is 1. The second kappa shape index (κ2) is 8.35. The third-order valence-corrected chi connectivity index (χ3v) is 4.84. The quantitative estimate of drug-likeness (QED) is 0.558. The Morgan fingerprint density at radius 3 is 1.93 bits per heavy atom. The van der Waals surface area contributed by atoms with E-state index in [1.807, 2.05) is 12.1 Å². The number of ether oxygens (including phenoxy) is 3. The van der Waals surface area contributed by atoms with Crippen molar-refractivity contribution in [3.05, 3.63) is 70.4 Å². The zero-order valence-electron chi connectivity index (χ0n) is 17.6. The summed E-state index contributed by atoms with van der Waals surface area (Å²) in [5.74, 6) is 1.08. The molecule has 0 aliphatic heterocycles. The normalized spacial score (nSPS) is 10.6. The van der Waals surface area contributed by atoms with Crippen LogP contribution in [0.5, 0.6) is 17.2 Å². The lowest BCUT2D eigenvalue weighted by molar-refractivity contribution is 0.103. The highest BCUT2D eigenvalue weighted by molar-refractivity contribution is 6.08. The highest BCUT2D eigenvalue weighted by Crippen LogP contribution is 2.38. The van der Waals surface area contributed by atoms with Crippen molar-refractivity contribution in [1.82, 2.24) is 4.98 Å². The average Bonchev–Trinajstić information content (AvgIpc) is 2.71. The van der Waals surface area contributed by atoms with Gasteiger partial charge in [-0.2, -0.15) is 0 Å². The minimum atomic E-state index is -0.214. The lowest BCUT2D eigenvalue weighted by Gasteiger charge is -2.14. The molecule has 0 fully saturated rings. The van der Waals surface area contributed by atoms with Crippen LogP contribution in [0.15, 0.2) is 42.5 Å². The molecule has 0 unspecified atom stereocenters. The summed E-state index contributed by atoms with van der Waals surface area (Å²) < 4.78 is 16.1. The third-order valence-electron chi connectivity index (χ3n) is 4.84. The van der Waals surface area contributed by atoms with Crippen molar-refractivity contribution in [2.24, 2.45) is 0 Å². The summed E-state index contributed by atoms with van der Waals surface area (Å²) in [6, 6.07) is 13.0. The van der Waals surface area contributed by atoms with Gasteiger partial charge in [0, 0.05) is 11.1 Å². The molecule has 0 saturated heterocycles. The number of carbonyl (C=O) groups excluding carboxylic acids is 1. The Bertz CT molecular complexity index is 1020. The predicted octanol–water partition coefficient (Wildman–Crippen LogP) is 4.93. The van der Waals surface area contributed by atoms with E-state index in [0.29, 0.717) is 28.5 Å². The Hall–Kier alpha value is -3.34. The van der Waals surface area contributed by atoms with Gasteiger partial charge in [-0.05, 0) is 56.2 Å². The highest BCUT2D eigenvalue weighted by atomic mass is 16.5. The van der Waals surface area contributed by atoms with Gasteiger partial charge in [0.2, 0.25) is 11.5 Å². The maximum absolute atomic E-state index is 13.2. The van der Waals surface area contributed by atoms with Gasteiger partial charge in [0.05, 0.1) is 27.0 Å². The summed E-state index contributed by atoms with van der Waals surface area (Å²) >= 11 is 0. The van der Waals surface area contributed by atoms with E-state index in [0.717, 1.165) is 22.4 Å². The minimum Gasteiger partial charge on any atom is -0.493 e. The first-order chi connectivity index (χ1) is 13.9. The summed E-state index contributed by atoms with van der Waals surface area (Å²) in [5.41, 5.74) is 6.07. The van der Waals surface area contributed by atoms with Crippen LogP contribution in [0.25, 0.3) is 11.3 Å². The van der Waals surface area contributed by atoms with E-state index in [2.05, 4.69) is 37.9 Å². The van der Waals surface area contributed by atoms with Crippen LogP contribution in [0.2, 0.25) is 0 Å². The Morgan fingerprint density at radius 2 is 1.41 bits per heavy atom. The molecule has 0 aliphatic carbocycles. The van der Waals surface area contributed by atoms with Crippen LogP contribution in [-0.2, 0) is 0 Å². The van der Waals surface area contributed by atoms with Gasteiger partial charge in [0.15, 0.2) is 11.5 Å². The van der Waals surface area contributed by atoms with Gasteiger partial charge in [-0.15, -0.1) is 0 Å². The fraction of sp³-hybridized carbons (Fsp3) is 0.250. The van der Waals surface area contributed by atoms with E-state index in [4.69, 9.17) is 14.2 Å². The smallest absolute Gasteiger partial charge is 0.211 e. The first-order valence-electron chi connectivity index (χ1n) is 9.29. The number of hydrogen-bond donors (Lipinski definition) is 0. The first kappa shape index (κ1) is 20.4. The van der Waals surface area contributed by atoms with Crippen molar-refractivity contribution in [3.8, 4) is 28.5 Å². The number of ketones is 1. The van der Waals surface area contributed by atoms with Crippen molar-refractivity contribution >= 4 is 5.78 Å². The van der Waals surface area contributed by atoms with Crippen LogP contribution >= 0.6 is 0 Å². The second-order valence-corrected chi connectivity index (χ2v) is 6.92. The van der Waals surface area contributed by atoms with Crippen molar-refractivity contribution in [3.63, 3.8) is 0 Å². The van der Waals surface area contributed by atoms with Gasteiger partial charge in [-0.25, -0.2) is 4.98 Å². The molecule has 1 aromatic heterocycles. The molecule has 1 heterocycles. The number of pyridine rings is 1. The molecule has 2 aromatic carbocycles. The Kier molecular flexibility index (Phi) is 5.87. The molecule has 5 nitrogen and oxygen atoms in total. The van der Waals surface area contributed by atoms with Gasteiger partial charge < -0.3 is 14.2 Å². The Labute approximate surface area is 171 Å². The molecule has 0 amide bonds. The molecular formula is C24H25NO4. The number of benzene rings is 2. The number of methoxy groups -OCH3 is 3. The van der Waals surface area contributed by atoms with Crippen molar-refractivity contribution in [2.75, 3.05) is 21.3 Å². The molecule has 0 aliphatic rings. The monoisotopic (exact) mass is 391 g/mol. The van der Waals surface area contributed by atoms with E-state index in [1.165, 1.54) is 26.9 Å². The Morgan fingerprint density at radius 1 is 0.828 bits per heavy atom. The topological polar surface area (TPSA) is 57.7 Å². The number of aryl methyl sites for hydroxylation is 3. The lowest BCUT2D eigenvalue weighted by atomic mass is 9.96. The van der Waals surface area contributed by atoms with Crippen LogP contribution in [0.1, 0.15) is 32.7 Å². The molecule has 0 spiro atoms. The lowest BCUT2D eigenvalue weighted by Crippen LogP contribution is -2.07. The predicted molar refractivity (Wildman–Crippen MR) is 113 cm³/mol. The van der Waals surface area contributed by atoms with Crippen molar-refractivity contribution in [2.45, 2.75) is 20.8 Å². The number of hydrogen-bond acceptors (Lipinski definition) is 5. The van der Waals surface area contributed by atoms with E-state index in [9.17, 15) is 4.79 Å². The first-order valence-corrected chi connectivity index (χ1v) is 9.29. The van der Waals surface area contributed by atoms with Crippen molar-refractivity contribution < 1.29 is 19.0 Å². The summed E-state index contributed by atoms with van der Waals surface area (Å²) in [6.07, 6.45) is 0. The van der Waals surface area contributed by atoms with Crippen LogP contribution in [-0.4, -0.2) is 32.1 Å². The fourth-order valence-electron chi connectivity index (χ4n) is 3.64. The maximum atomic E-state index is 13.2. The molecule has 0 atom stereocenters. The van der Waals surface area contributed by atoms with Crippen LogP contribution < -0.4 is 14.2 Å². The summed E-state index contributed by atoms with van der Waals surface area (Å²) in [7, 11) is 4.57. The molecule has 0 bridgehead atoms. The third kappa shape index (κ3) is 3.94. The van der Waals surface area contributed by atoms with Crippen LogP contribution in [0.3, 0.4) is 0 Å². The molecule has 3 rings (SSSR count). The SMILES string of the molecule is COc1cc(C(=O)c2cccc(-c3c(C)cc(C)cc3C)n2)cc(OC)c1OC. The molecule has 0 saturated carbocycles.